The van der Waals surface area contributed by atoms with Crippen molar-refractivity contribution in [2.45, 2.75) is 0 Å². The summed E-state index contributed by atoms with van der Waals surface area (Å²) in [5.41, 5.74) is -0.944. The smallest absolute Gasteiger partial charge is 0.107 e. The van der Waals surface area contributed by atoms with E-state index in [2.05, 4.69) is 152 Å². The van der Waals surface area contributed by atoms with Crippen LogP contribution < -0.4 is 0 Å². The first-order valence-corrected chi connectivity index (χ1v) is 14.5. The van der Waals surface area contributed by atoms with Crippen molar-refractivity contribution < 1.29 is 137 Å². The monoisotopic (exact) mass is 1340 g/mol. The van der Waals surface area contributed by atoms with Crippen LogP contribution in [0.15, 0.2) is 58.9 Å². The Labute approximate surface area is 475 Å². The number of rotatable bonds is 0. The van der Waals surface area contributed by atoms with E-state index in [0.29, 0.717) is 0 Å². The molecule has 0 unspecified atom stereocenters. The zero-order chi connectivity index (χ0) is 39.4. The first-order valence-electron chi connectivity index (χ1n) is 9.63. The molecule has 0 rings (SSSR count). The van der Waals surface area contributed by atoms with Gasteiger partial charge >= 0.3 is 0 Å². The first kappa shape index (κ1) is 95.5. The number of hydrogen-bond acceptors (Lipinski definition) is 24. The molecule has 0 aromatic rings. The van der Waals surface area contributed by atoms with Gasteiger partial charge in [-0.15, -0.1) is 0 Å². The van der Waals surface area contributed by atoms with Gasteiger partial charge in [0.25, 0.3) is 0 Å². The number of nitrogens with zero attached hydrogens (tertiary/aromatic N) is 12. The molecule has 0 atom stereocenters. The topological polar surface area (TPSA) is 285 Å². The van der Waals surface area contributed by atoms with Crippen molar-refractivity contribution in [1.82, 2.24) is 0 Å². The Kier molecular flexibility index (Phi) is 117. The molecule has 32 heteroatoms. The molecule has 0 spiro atoms. The minimum atomic E-state index is -0.157. The molecule has 0 saturated carbocycles. The van der Waals surface area contributed by atoms with Gasteiger partial charge in [-0.25, -0.2) is 0 Å². The summed E-state index contributed by atoms with van der Waals surface area (Å²) in [6.45, 7) is 0. The van der Waals surface area contributed by atoms with Crippen molar-refractivity contribution >= 4 is 152 Å². The molecule has 0 aromatic carbocycles. The fourth-order valence-corrected chi connectivity index (χ4v) is 1.79. The maximum Gasteiger partial charge on any atom is 0.107 e. The van der Waals surface area contributed by atoms with Gasteiger partial charge < -0.3 is 177 Å². The second kappa shape index (κ2) is 68.8. The molecule has 0 aliphatic heterocycles. The second-order valence-electron chi connectivity index (χ2n) is 5.32. The minimum absolute atomic E-state index is 0. The SMILES string of the molecule is N#CC(C#N)=C([S-])[S-].N#CC(C#N)=C([S-])[S-].N#CC(C#N)=C([S-])[S-].N#CC(C#N)=C([S-])[S-].N#CC(C#N)=C([S-])[S-].N#CC(C#N)=C([S-])[S-].[Cu].[Cu].[Cu].[Cu].[Cu].[Cu].[Cu].[Cu]. The average molecular weight is 1350 g/mol. The molecule has 12 nitrogen and oxygen atoms in total. The zero-order valence-electron chi connectivity index (χ0n) is 24.7. The van der Waals surface area contributed by atoms with Crippen LogP contribution in [-0.2, 0) is 288 Å². The first-order chi connectivity index (χ1) is 22.3. The third-order valence-electron chi connectivity index (χ3n) is 2.57. The maximum atomic E-state index is 8.03. The Balaban J connectivity index is -0.0000000306. The summed E-state index contributed by atoms with van der Waals surface area (Å²) >= 11 is 52.2. The molecule has 0 heterocycles. The van der Waals surface area contributed by atoms with Crippen molar-refractivity contribution in [3.05, 3.63) is 58.9 Å². The molecule has 0 amide bonds. The molecule has 0 aliphatic carbocycles. The summed E-state index contributed by atoms with van der Waals surface area (Å²) in [7, 11) is 0. The maximum absolute atomic E-state index is 8.03. The zero-order valence-corrected chi connectivity index (χ0v) is 42.0. The van der Waals surface area contributed by atoms with E-state index < -0.39 is 0 Å². The predicted octanol–water partition coefficient (Wildman–Crippen LogP) is 2.01. The predicted molar refractivity (Wildman–Crippen MR) is 198 cm³/mol. The summed E-state index contributed by atoms with van der Waals surface area (Å²) in [5, 5.41) is 96.4. The summed E-state index contributed by atoms with van der Waals surface area (Å²) in [4.78, 5) is 0. The van der Waals surface area contributed by atoms with Gasteiger partial charge in [-0.2, -0.15) is 63.1 Å². The fraction of sp³-hybridized carbons (Fsp3) is 0. The summed E-state index contributed by atoms with van der Waals surface area (Å²) in [6.07, 6.45) is 0. The van der Waals surface area contributed by atoms with Crippen LogP contribution >= 0.6 is 0 Å². The molecule has 0 fully saturated rings. The van der Waals surface area contributed by atoms with Crippen LogP contribution in [-0.4, -0.2) is 0 Å². The normalized spacial score (nSPS) is 5.36. The van der Waals surface area contributed by atoms with Crippen LogP contribution in [0.5, 0.6) is 0 Å². The Bertz CT molecular complexity index is 1430. The van der Waals surface area contributed by atoms with E-state index in [-0.39, 0.29) is 195 Å². The van der Waals surface area contributed by atoms with Crippen LogP contribution in [0.3, 0.4) is 0 Å². The number of hydrogen-bond donors (Lipinski definition) is 0. The van der Waals surface area contributed by atoms with E-state index >= 15 is 0 Å². The summed E-state index contributed by atoms with van der Waals surface area (Å²) in [5.74, 6) is 0. The van der Waals surface area contributed by atoms with Crippen LogP contribution in [0.2, 0.25) is 0 Å². The largest absolute Gasteiger partial charge is 0.805 e. The van der Waals surface area contributed by atoms with Gasteiger partial charge in [0, 0.05) is 137 Å². The van der Waals surface area contributed by atoms with E-state index in [4.69, 9.17) is 63.1 Å². The molecule has 0 saturated heterocycles. The summed E-state index contributed by atoms with van der Waals surface area (Å²) in [6, 6.07) is 18.7. The van der Waals surface area contributed by atoms with Crippen molar-refractivity contribution in [1.29, 1.82) is 63.1 Å². The quantitative estimate of drug-likeness (QED) is 0.190. The molecule has 0 N–H and O–H groups in total. The average Bonchev–Trinajstić information content (AvgIpc) is 3.01. The molecule has 0 bridgehead atoms. The Morgan fingerprint density at radius 3 is 0.232 bits per heavy atom. The molecular weight excluding hydrogens is 1350 g/mol. The molecule has 56 heavy (non-hydrogen) atoms. The summed E-state index contributed by atoms with van der Waals surface area (Å²) < 4.78 is -0.361. The molecular formula is C24Cu8N12S12-12. The van der Waals surface area contributed by atoms with Gasteiger partial charge in [0.1, 0.15) is 72.8 Å². The van der Waals surface area contributed by atoms with E-state index in [1.165, 1.54) is 0 Å². The van der Waals surface area contributed by atoms with Crippen molar-refractivity contribution in [3.8, 4) is 72.8 Å². The van der Waals surface area contributed by atoms with Crippen LogP contribution in [0.1, 0.15) is 0 Å². The minimum Gasteiger partial charge on any atom is -0.805 e. The van der Waals surface area contributed by atoms with Gasteiger partial charge in [0.05, 0.1) is 33.4 Å². The van der Waals surface area contributed by atoms with Gasteiger partial charge in [0.15, 0.2) is 0 Å². The third kappa shape index (κ3) is 65.0. The van der Waals surface area contributed by atoms with E-state index in [1.54, 1.807) is 72.8 Å². The van der Waals surface area contributed by atoms with E-state index in [1.807, 2.05) is 0 Å². The van der Waals surface area contributed by atoms with Crippen LogP contribution in [0.25, 0.3) is 0 Å². The third-order valence-corrected chi connectivity index (χ3v) is 5.02. The Morgan fingerprint density at radius 2 is 0.232 bits per heavy atom. The van der Waals surface area contributed by atoms with Gasteiger partial charge in [-0.1, -0.05) is 0 Å². The Hall–Kier alpha value is -0.884. The molecule has 0 aromatic heterocycles. The standard InChI is InChI=1S/6C4H2N2S2.8Cu/c6*5-1-3(2-6)4(7)8;;;;;;;;/h6*7-8H;;;;;;;;/p-12. The van der Waals surface area contributed by atoms with Crippen LogP contribution in [0, 0.1) is 136 Å². The van der Waals surface area contributed by atoms with E-state index in [0.717, 1.165) is 0 Å². The number of allylic oxidation sites excluding steroid dienone is 6. The Morgan fingerprint density at radius 1 is 0.179 bits per heavy atom. The van der Waals surface area contributed by atoms with Crippen molar-refractivity contribution in [2.24, 2.45) is 0 Å². The van der Waals surface area contributed by atoms with Crippen molar-refractivity contribution in [3.63, 3.8) is 0 Å². The fourth-order valence-electron chi connectivity index (χ4n) is 0.698. The second-order valence-corrected chi connectivity index (χ2v) is 11.8. The molecule has 328 valence electrons. The van der Waals surface area contributed by atoms with E-state index in [9.17, 15) is 0 Å². The van der Waals surface area contributed by atoms with Gasteiger partial charge in [0.2, 0.25) is 0 Å². The van der Waals surface area contributed by atoms with Gasteiger partial charge in [-0.3, -0.25) is 0 Å². The number of nitriles is 12. The van der Waals surface area contributed by atoms with Crippen LogP contribution in [0.4, 0.5) is 0 Å². The molecule has 0 aliphatic rings. The van der Waals surface area contributed by atoms with Crippen molar-refractivity contribution in [2.75, 3.05) is 0 Å². The van der Waals surface area contributed by atoms with Gasteiger partial charge in [-0.05, 0) is 0 Å². The molecule has 8 radical (unpaired) electrons.